The summed E-state index contributed by atoms with van der Waals surface area (Å²) in [5.41, 5.74) is 5.83. The van der Waals surface area contributed by atoms with E-state index in [2.05, 4.69) is 4.74 Å². The lowest BCUT2D eigenvalue weighted by Gasteiger charge is -2.34. The molecule has 0 radical (unpaired) electrons. The number of para-hydroxylation sites is 1. The summed E-state index contributed by atoms with van der Waals surface area (Å²) < 4.78 is 67.9. The number of nitrogens with zero attached hydrogens (tertiary/aromatic N) is 1. The van der Waals surface area contributed by atoms with E-state index in [9.17, 15) is 21.6 Å². The molecule has 138 valence electrons. The molecule has 1 aromatic carbocycles. The van der Waals surface area contributed by atoms with Gasteiger partial charge in [-0.15, -0.1) is 25.6 Å². The van der Waals surface area contributed by atoms with Gasteiger partial charge in [0.25, 0.3) is 0 Å². The first-order valence-electron chi connectivity index (χ1n) is 7.22. The highest BCUT2D eigenvalue weighted by atomic mass is 35.5. The SMILES string of the molecule is CC(N)C1CCCN(S(=O)(=O)c2ccccc2OC(F)(F)F)C1.Cl. The molecule has 2 atom stereocenters. The molecule has 2 unspecified atom stereocenters. The summed E-state index contributed by atoms with van der Waals surface area (Å²) in [4.78, 5) is -0.484. The van der Waals surface area contributed by atoms with Crippen LogP contribution in [0.15, 0.2) is 29.2 Å². The van der Waals surface area contributed by atoms with Crippen molar-refractivity contribution in [3.8, 4) is 5.75 Å². The van der Waals surface area contributed by atoms with Crippen LogP contribution >= 0.6 is 12.4 Å². The number of rotatable bonds is 4. The van der Waals surface area contributed by atoms with Crippen molar-refractivity contribution in [1.29, 1.82) is 0 Å². The normalized spacial score (nSPS) is 21.0. The maximum absolute atomic E-state index is 12.7. The molecule has 0 aliphatic carbocycles. The van der Waals surface area contributed by atoms with Crippen LogP contribution in [0.5, 0.6) is 5.75 Å². The standard InChI is InChI=1S/C14H19F3N2O3S.ClH/c1-10(18)11-5-4-8-19(9-11)23(20,21)13-7-3-2-6-12(13)22-14(15,16)17;/h2-3,6-7,10-11H,4-5,8-9,18H2,1H3;1H. The predicted octanol–water partition coefficient (Wildman–Crippen LogP) is 2.75. The maximum atomic E-state index is 12.7. The topological polar surface area (TPSA) is 72.6 Å². The zero-order valence-corrected chi connectivity index (χ0v) is 14.6. The largest absolute Gasteiger partial charge is 0.573 e. The summed E-state index contributed by atoms with van der Waals surface area (Å²) in [6, 6.07) is 4.58. The van der Waals surface area contributed by atoms with Gasteiger partial charge in [-0.25, -0.2) is 8.42 Å². The molecule has 2 N–H and O–H groups in total. The number of halogens is 4. The van der Waals surface area contributed by atoms with Crippen LogP contribution in [-0.4, -0.2) is 38.2 Å². The molecule has 1 aliphatic rings. The van der Waals surface area contributed by atoms with E-state index in [4.69, 9.17) is 5.73 Å². The van der Waals surface area contributed by atoms with Gasteiger partial charge in [-0.1, -0.05) is 12.1 Å². The van der Waals surface area contributed by atoms with Gasteiger partial charge in [0, 0.05) is 19.1 Å². The molecule has 1 aliphatic heterocycles. The van der Waals surface area contributed by atoms with Crippen LogP contribution < -0.4 is 10.5 Å². The van der Waals surface area contributed by atoms with Crippen LogP contribution in [0.25, 0.3) is 0 Å². The Bertz CT molecular complexity index is 653. The van der Waals surface area contributed by atoms with E-state index in [-0.39, 0.29) is 37.5 Å². The van der Waals surface area contributed by atoms with Crippen LogP contribution in [0.4, 0.5) is 13.2 Å². The number of benzene rings is 1. The second-order valence-corrected chi connectivity index (χ2v) is 7.53. The molecule has 24 heavy (non-hydrogen) atoms. The van der Waals surface area contributed by atoms with Crippen molar-refractivity contribution in [3.05, 3.63) is 24.3 Å². The monoisotopic (exact) mass is 388 g/mol. The molecule has 5 nitrogen and oxygen atoms in total. The molecule has 0 spiro atoms. The number of nitrogens with two attached hydrogens (primary N) is 1. The lowest BCUT2D eigenvalue weighted by molar-refractivity contribution is -0.275. The van der Waals surface area contributed by atoms with Crippen molar-refractivity contribution in [3.63, 3.8) is 0 Å². The molecule has 1 heterocycles. The van der Waals surface area contributed by atoms with Gasteiger partial charge < -0.3 is 10.5 Å². The lowest BCUT2D eigenvalue weighted by Crippen LogP contribution is -2.45. The molecule has 1 aromatic rings. The van der Waals surface area contributed by atoms with E-state index in [1.807, 2.05) is 0 Å². The van der Waals surface area contributed by atoms with Gasteiger partial charge in [0.1, 0.15) is 10.6 Å². The Balaban J connectivity index is 0.00000288. The van der Waals surface area contributed by atoms with Crippen LogP contribution in [0.3, 0.4) is 0 Å². The number of ether oxygens (including phenoxy) is 1. The average molecular weight is 389 g/mol. The molecule has 1 saturated heterocycles. The Kier molecular flexibility index (Phi) is 6.92. The summed E-state index contributed by atoms with van der Waals surface area (Å²) >= 11 is 0. The average Bonchev–Trinajstić information content (AvgIpc) is 2.46. The third-order valence-electron chi connectivity index (χ3n) is 3.86. The molecular formula is C14H20ClF3N2O3S. The van der Waals surface area contributed by atoms with Crippen LogP contribution in [-0.2, 0) is 10.0 Å². The van der Waals surface area contributed by atoms with Gasteiger partial charge in [0.05, 0.1) is 0 Å². The van der Waals surface area contributed by atoms with Crippen molar-refractivity contribution >= 4 is 22.4 Å². The van der Waals surface area contributed by atoms with Crippen molar-refractivity contribution in [2.75, 3.05) is 13.1 Å². The van der Waals surface area contributed by atoms with Gasteiger partial charge >= 0.3 is 6.36 Å². The molecule has 0 saturated carbocycles. The Labute approximate surface area is 145 Å². The highest BCUT2D eigenvalue weighted by molar-refractivity contribution is 7.89. The minimum absolute atomic E-state index is 0. The Morgan fingerprint density at radius 1 is 1.33 bits per heavy atom. The van der Waals surface area contributed by atoms with Crippen LogP contribution in [0.1, 0.15) is 19.8 Å². The number of hydrogen-bond donors (Lipinski definition) is 1. The van der Waals surface area contributed by atoms with Crippen molar-refractivity contribution in [1.82, 2.24) is 4.31 Å². The fourth-order valence-electron chi connectivity index (χ4n) is 2.63. The van der Waals surface area contributed by atoms with Gasteiger partial charge in [0.15, 0.2) is 0 Å². The number of sulfonamides is 1. The smallest absolute Gasteiger partial charge is 0.404 e. The second kappa shape index (κ2) is 7.90. The summed E-state index contributed by atoms with van der Waals surface area (Å²) in [5.74, 6) is -0.739. The van der Waals surface area contributed by atoms with Gasteiger partial charge in [-0.05, 0) is 37.8 Å². The number of hydrogen-bond acceptors (Lipinski definition) is 4. The molecule has 0 amide bonds. The predicted molar refractivity (Wildman–Crippen MR) is 85.5 cm³/mol. The van der Waals surface area contributed by atoms with Gasteiger partial charge in [0.2, 0.25) is 10.0 Å². The third-order valence-corrected chi connectivity index (χ3v) is 5.76. The highest BCUT2D eigenvalue weighted by Gasteiger charge is 2.37. The zero-order chi connectivity index (χ0) is 17.3. The first kappa shape index (κ1) is 21.0. The summed E-state index contributed by atoms with van der Waals surface area (Å²) in [6.07, 6.45) is -3.54. The van der Waals surface area contributed by atoms with E-state index < -0.39 is 27.0 Å². The van der Waals surface area contributed by atoms with Crippen molar-refractivity contribution in [2.45, 2.75) is 37.1 Å². The molecule has 10 heteroatoms. The number of alkyl halides is 3. The zero-order valence-electron chi connectivity index (χ0n) is 13.0. The van der Waals surface area contributed by atoms with Crippen molar-refractivity contribution < 1.29 is 26.3 Å². The second-order valence-electron chi connectivity index (χ2n) is 5.62. The maximum Gasteiger partial charge on any atom is 0.573 e. The first-order chi connectivity index (χ1) is 10.6. The third kappa shape index (κ3) is 4.98. The number of piperidine rings is 1. The van der Waals surface area contributed by atoms with Gasteiger partial charge in [-0.2, -0.15) is 4.31 Å². The Morgan fingerprint density at radius 2 is 1.96 bits per heavy atom. The fourth-order valence-corrected chi connectivity index (χ4v) is 4.28. The Morgan fingerprint density at radius 3 is 2.54 bits per heavy atom. The molecule has 0 bridgehead atoms. The lowest BCUT2D eigenvalue weighted by atomic mass is 9.93. The molecular weight excluding hydrogens is 369 g/mol. The first-order valence-corrected chi connectivity index (χ1v) is 8.66. The van der Waals surface area contributed by atoms with Crippen molar-refractivity contribution in [2.24, 2.45) is 11.7 Å². The van der Waals surface area contributed by atoms with Gasteiger partial charge in [-0.3, -0.25) is 0 Å². The fraction of sp³-hybridized carbons (Fsp3) is 0.571. The molecule has 1 fully saturated rings. The van der Waals surface area contributed by atoms with Crippen LogP contribution in [0, 0.1) is 5.92 Å². The quantitative estimate of drug-likeness (QED) is 0.860. The van der Waals surface area contributed by atoms with E-state index >= 15 is 0 Å². The van der Waals surface area contributed by atoms with E-state index in [0.717, 1.165) is 18.6 Å². The van der Waals surface area contributed by atoms with Crippen LogP contribution in [0.2, 0.25) is 0 Å². The summed E-state index contributed by atoms with van der Waals surface area (Å²) in [6.45, 7) is 2.24. The molecule has 0 aromatic heterocycles. The minimum Gasteiger partial charge on any atom is -0.404 e. The summed E-state index contributed by atoms with van der Waals surface area (Å²) in [5, 5.41) is 0. The van der Waals surface area contributed by atoms with E-state index in [1.54, 1.807) is 6.92 Å². The Hall–Kier alpha value is -1.03. The minimum atomic E-state index is -4.96. The molecule has 2 rings (SSSR count). The summed E-state index contributed by atoms with van der Waals surface area (Å²) in [7, 11) is -4.08. The van der Waals surface area contributed by atoms with E-state index in [0.29, 0.717) is 6.42 Å². The van der Waals surface area contributed by atoms with E-state index in [1.165, 1.54) is 16.4 Å². The highest BCUT2D eigenvalue weighted by Crippen LogP contribution is 2.33.